The highest BCUT2D eigenvalue weighted by atomic mass is 79.9. The third-order valence-electron chi connectivity index (χ3n) is 4.59. The van der Waals surface area contributed by atoms with Gasteiger partial charge in [0.05, 0.1) is 18.4 Å². The molecule has 1 aliphatic rings. The van der Waals surface area contributed by atoms with Gasteiger partial charge in [-0.25, -0.2) is 8.42 Å². The van der Waals surface area contributed by atoms with E-state index in [1.54, 1.807) is 36.4 Å². The maximum atomic E-state index is 13.0. The normalized spacial score (nSPS) is 14.3. The molecule has 4 rings (SSSR count). The number of methoxy groups -OCH3 is 1. The van der Waals surface area contributed by atoms with Gasteiger partial charge in [0.25, 0.3) is 21.8 Å². The average Bonchev–Trinajstić information content (AvgIpc) is 2.94. The van der Waals surface area contributed by atoms with Crippen LogP contribution in [-0.2, 0) is 10.0 Å². The van der Waals surface area contributed by atoms with Gasteiger partial charge < -0.3 is 10.1 Å². The highest BCUT2D eigenvalue weighted by molar-refractivity contribution is 9.10. The van der Waals surface area contributed by atoms with Crippen LogP contribution in [0.25, 0.3) is 0 Å². The predicted molar refractivity (Wildman–Crippen MR) is 116 cm³/mol. The number of halogens is 1. The van der Waals surface area contributed by atoms with E-state index in [9.17, 15) is 18.0 Å². The number of benzene rings is 3. The Kier molecular flexibility index (Phi) is 5.08. The van der Waals surface area contributed by atoms with Gasteiger partial charge in [0.15, 0.2) is 0 Å². The van der Waals surface area contributed by atoms with Crippen molar-refractivity contribution in [2.75, 3.05) is 16.7 Å². The Morgan fingerprint density at radius 3 is 2.30 bits per heavy atom. The highest BCUT2D eigenvalue weighted by Gasteiger charge is 2.42. The van der Waals surface area contributed by atoms with Gasteiger partial charge in [-0.15, -0.1) is 0 Å². The Morgan fingerprint density at radius 1 is 1.00 bits per heavy atom. The van der Waals surface area contributed by atoms with Crippen LogP contribution in [-0.4, -0.2) is 27.3 Å². The number of carbonyl (C=O) groups excluding carboxylic acids is 2. The molecule has 2 amide bonds. The first-order valence-electron chi connectivity index (χ1n) is 8.76. The molecule has 30 heavy (non-hydrogen) atoms. The van der Waals surface area contributed by atoms with Crippen LogP contribution in [0.2, 0.25) is 0 Å². The summed E-state index contributed by atoms with van der Waals surface area (Å²) in [7, 11) is -2.59. The summed E-state index contributed by atoms with van der Waals surface area (Å²) in [6.07, 6.45) is 0. The first-order chi connectivity index (χ1) is 14.3. The van der Waals surface area contributed by atoms with E-state index in [0.717, 1.165) is 8.78 Å². The lowest BCUT2D eigenvalue weighted by molar-refractivity contribution is 0.100. The van der Waals surface area contributed by atoms with Crippen molar-refractivity contribution in [3.8, 4) is 5.75 Å². The molecular formula is C21H15BrN2O5S. The first-order valence-corrected chi connectivity index (χ1v) is 11.0. The minimum Gasteiger partial charge on any atom is -0.497 e. The maximum Gasteiger partial charge on any atom is 0.273 e. The fourth-order valence-corrected chi connectivity index (χ4v) is 4.97. The van der Waals surface area contributed by atoms with Gasteiger partial charge in [0.2, 0.25) is 0 Å². The van der Waals surface area contributed by atoms with E-state index in [-0.39, 0.29) is 21.7 Å². The number of amides is 2. The molecule has 0 spiro atoms. The molecule has 3 aromatic rings. The van der Waals surface area contributed by atoms with Gasteiger partial charge in [-0.1, -0.05) is 15.9 Å². The van der Waals surface area contributed by atoms with E-state index < -0.39 is 21.8 Å². The molecule has 3 aromatic carbocycles. The van der Waals surface area contributed by atoms with E-state index >= 15 is 0 Å². The lowest BCUT2D eigenvalue weighted by Crippen LogP contribution is -2.29. The zero-order valence-corrected chi connectivity index (χ0v) is 18.0. The molecular weight excluding hydrogens is 472 g/mol. The summed E-state index contributed by atoms with van der Waals surface area (Å²) >= 11 is 3.28. The Labute approximate surface area is 181 Å². The largest absolute Gasteiger partial charge is 0.497 e. The van der Waals surface area contributed by atoms with Gasteiger partial charge in [-0.3, -0.25) is 9.59 Å². The molecule has 0 aliphatic carbocycles. The Morgan fingerprint density at radius 2 is 1.67 bits per heavy atom. The summed E-state index contributed by atoms with van der Waals surface area (Å²) in [4.78, 5) is 25.2. The third-order valence-corrected chi connectivity index (χ3v) is 6.87. The van der Waals surface area contributed by atoms with Crippen molar-refractivity contribution in [3.05, 3.63) is 82.3 Å². The van der Waals surface area contributed by atoms with E-state index in [1.165, 1.54) is 37.4 Å². The number of rotatable bonds is 4. The van der Waals surface area contributed by atoms with Crippen molar-refractivity contribution >= 4 is 49.1 Å². The minimum atomic E-state index is -4.13. The molecule has 0 atom stereocenters. The zero-order chi connectivity index (χ0) is 21.5. The molecule has 0 bridgehead atoms. The van der Waals surface area contributed by atoms with E-state index in [1.807, 2.05) is 0 Å². The first kappa shape index (κ1) is 20.1. The smallest absolute Gasteiger partial charge is 0.273 e. The maximum absolute atomic E-state index is 13.0. The molecule has 7 nitrogen and oxygen atoms in total. The second-order valence-corrected chi connectivity index (χ2v) is 9.12. The topological polar surface area (TPSA) is 92.8 Å². The monoisotopic (exact) mass is 486 g/mol. The quantitative estimate of drug-likeness (QED) is 0.600. The standard InChI is InChI=1S/C21H15BrN2O5S/c1-29-17-9-5-15(6-10-17)23-20(25)13-2-11-18-19(12-13)30(27,28)24(21(18)26)16-7-3-14(22)4-8-16/h2-12H,1H3,(H,23,25). The van der Waals surface area contributed by atoms with Crippen LogP contribution in [0.5, 0.6) is 5.75 Å². The summed E-state index contributed by atoms with van der Waals surface area (Å²) in [5.41, 5.74) is 0.901. The van der Waals surface area contributed by atoms with Crippen LogP contribution in [0.1, 0.15) is 20.7 Å². The molecule has 0 saturated carbocycles. The summed E-state index contributed by atoms with van der Waals surface area (Å²) in [6.45, 7) is 0. The summed E-state index contributed by atoms with van der Waals surface area (Å²) in [5.74, 6) is -0.509. The molecule has 9 heteroatoms. The average molecular weight is 487 g/mol. The predicted octanol–water partition coefficient (Wildman–Crippen LogP) is 4.06. The third kappa shape index (κ3) is 3.46. The van der Waals surface area contributed by atoms with Gasteiger partial charge in [-0.05, 0) is 66.7 Å². The Balaban J connectivity index is 1.66. The Bertz CT molecular complexity index is 1260. The molecule has 0 saturated heterocycles. The van der Waals surface area contributed by atoms with E-state index in [4.69, 9.17) is 4.74 Å². The number of carbonyl (C=O) groups is 2. The van der Waals surface area contributed by atoms with Crippen LogP contribution in [0.3, 0.4) is 0 Å². The molecule has 152 valence electrons. The summed E-state index contributed by atoms with van der Waals surface area (Å²) < 4.78 is 32.6. The number of hydrogen-bond donors (Lipinski definition) is 1. The van der Waals surface area contributed by atoms with Crippen molar-refractivity contribution in [2.45, 2.75) is 4.90 Å². The lowest BCUT2D eigenvalue weighted by atomic mass is 10.1. The number of ether oxygens (including phenoxy) is 1. The zero-order valence-electron chi connectivity index (χ0n) is 15.6. The van der Waals surface area contributed by atoms with Crippen molar-refractivity contribution in [2.24, 2.45) is 0 Å². The summed E-state index contributed by atoms with van der Waals surface area (Å²) in [6, 6.07) is 17.1. The number of hydrogen-bond acceptors (Lipinski definition) is 5. The molecule has 1 heterocycles. The van der Waals surface area contributed by atoms with E-state index in [2.05, 4.69) is 21.2 Å². The molecule has 0 aromatic heterocycles. The lowest BCUT2D eigenvalue weighted by Gasteiger charge is -2.15. The number of nitrogens with one attached hydrogen (secondary N) is 1. The van der Waals surface area contributed by atoms with Crippen LogP contribution >= 0.6 is 15.9 Å². The SMILES string of the molecule is COc1ccc(NC(=O)c2ccc3c(c2)S(=O)(=O)N(c2ccc(Br)cc2)C3=O)cc1. The van der Waals surface area contributed by atoms with Crippen LogP contribution < -0.4 is 14.4 Å². The number of anilines is 2. The fraction of sp³-hybridized carbons (Fsp3) is 0.0476. The molecule has 0 fully saturated rings. The van der Waals surface area contributed by atoms with Crippen LogP contribution in [0, 0.1) is 0 Å². The van der Waals surface area contributed by atoms with Crippen molar-refractivity contribution in [1.82, 2.24) is 0 Å². The molecule has 1 aliphatic heterocycles. The second kappa shape index (κ2) is 7.58. The molecule has 1 N–H and O–H groups in total. The van der Waals surface area contributed by atoms with Crippen LogP contribution in [0.4, 0.5) is 11.4 Å². The van der Waals surface area contributed by atoms with Crippen molar-refractivity contribution in [1.29, 1.82) is 0 Å². The van der Waals surface area contributed by atoms with Gasteiger partial charge in [-0.2, -0.15) is 4.31 Å². The number of nitrogens with zero attached hydrogens (tertiary/aromatic N) is 1. The fourth-order valence-electron chi connectivity index (χ4n) is 3.08. The summed E-state index contributed by atoms with van der Waals surface area (Å²) in [5, 5.41) is 2.70. The second-order valence-electron chi connectivity index (χ2n) is 6.44. The van der Waals surface area contributed by atoms with Crippen molar-refractivity contribution in [3.63, 3.8) is 0 Å². The molecule has 0 unspecified atom stereocenters. The van der Waals surface area contributed by atoms with Gasteiger partial charge >= 0.3 is 0 Å². The number of fused-ring (bicyclic) bond motifs is 1. The Hall–Kier alpha value is -3.17. The van der Waals surface area contributed by atoms with Crippen LogP contribution in [0.15, 0.2) is 76.1 Å². The van der Waals surface area contributed by atoms with E-state index in [0.29, 0.717) is 11.4 Å². The van der Waals surface area contributed by atoms with Gasteiger partial charge in [0, 0.05) is 15.7 Å². The highest BCUT2D eigenvalue weighted by Crippen LogP contribution is 2.35. The molecule has 0 radical (unpaired) electrons. The number of sulfonamides is 1. The minimum absolute atomic E-state index is 0.0268. The van der Waals surface area contributed by atoms with Gasteiger partial charge in [0.1, 0.15) is 10.6 Å². The van der Waals surface area contributed by atoms with Crippen molar-refractivity contribution < 1.29 is 22.7 Å².